The number of hydrogen-bond acceptors (Lipinski definition) is 3. The maximum absolute atomic E-state index is 13.0. The topological polar surface area (TPSA) is 66.6 Å². The van der Waals surface area contributed by atoms with Gasteiger partial charge in [0.25, 0.3) is 0 Å². The van der Waals surface area contributed by atoms with E-state index in [1.807, 2.05) is 43.0 Å². The van der Waals surface area contributed by atoms with Gasteiger partial charge in [0.1, 0.15) is 0 Å². The van der Waals surface area contributed by atoms with Crippen LogP contribution in [0.2, 0.25) is 5.02 Å². The summed E-state index contributed by atoms with van der Waals surface area (Å²) >= 11 is 5.93. The molecule has 0 radical (unpaired) electrons. The van der Waals surface area contributed by atoms with Crippen molar-refractivity contribution in [2.45, 2.75) is 76.9 Å². The third-order valence-corrected chi connectivity index (χ3v) is 6.52. The standard InChI is InChI=1S/C23H34ClN3O2.ClH/c1-16(2)22(28)27(19-6-4-3-5-7-19)20-12-13-26(15-20)23(29)21(25)14-17-8-10-18(24)11-9-17;/h8-11,16,19-21H,3-7,12-15,25H2,1-2H3;1H/t20-,21+;/m0./s1. The van der Waals surface area contributed by atoms with Crippen molar-refractivity contribution in [3.63, 3.8) is 0 Å². The fourth-order valence-electron chi connectivity index (χ4n) is 4.68. The van der Waals surface area contributed by atoms with E-state index >= 15 is 0 Å². The summed E-state index contributed by atoms with van der Waals surface area (Å²) in [5.74, 6) is 0.179. The van der Waals surface area contributed by atoms with Crippen LogP contribution in [0.4, 0.5) is 0 Å². The Morgan fingerprint density at radius 3 is 2.33 bits per heavy atom. The highest BCUT2D eigenvalue weighted by molar-refractivity contribution is 6.30. The summed E-state index contributed by atoms with van der Waals surface area (Å²) in [7, 11) is 0. The first kappa shape index (κ1) is 25.0. The van der Waals surface area contributed by atoms with E-state index in [-0.39, 0.29) is 36.2 Å². The highest BCUT2D eigenvalue weighted by Crippen LogP contribution is 2.29. The fourth-order valence-corrected chi connectivity index (χ4v) is 4.81. The van der Waals surface area contributed by atoms with Gasteiger partial charge in [-0.3, -0.25) is 9.59 Å². The lowest BCUT2D eigenvalue weighted by Gasteiger charge is -2.39. The second kappa shape index (κ2) is 11.4. The van der Waals surface area contributed by atoms with Gasteiger partial charge < -0.3 is 15.5 Å². The molecule has 0 spiro atoms. The molecule has 2 N–H and O–H groups in total. The number of benzene rings is 1. The van der Waals surface area contributed by atoms with Gasteiger partial charge in [-0.2, -0.15) is 0 Å². The van der Waals surface area contributed by atoms with E-state index in [1.54, 1.807) is 0 Å². The summed E-state index contributed by atoms with van der Waals surface area (Å²) in [5.41, 5.74) is 7.24. The monoisotopic (exact) mass is 455 g/mol. The lowest BCUT2D eigenvalue weighted by Crippen LogP contribution is -2.51. The number of rotatable bonds is 6. The first-order valence-corrected chi connectivity index (χ1v) is 11.4. The molecule has 2 fully saturated rings. The molecule has 7 heteroatoms. The minimum Gasteiger partial charge on any atom is -0.339 e. The van der Waals surface area contributed by atoms with Gasteiger partial charge in [0.15, 0.2) is 0 Å². The maximum atomic E-state index is 13.0. The van der Waals surface area contributed by atoms with E-state index < -0.39 is 6.04 Å². The number of hydrogen-bond donors (Lipinski definition) is 1. The molecule has 0 bridgehead atoms. The Morgan fingerprint density at radius 1 is 1.10 bits per heavy atom. The Hall–Kier alpha value is -1.30. The Kier molecular flexibility index (Phi) is 9.45. The van der Waals surface area contributed by atoms with Crippen molar-refractivity contribution in [3.05, 3.63) is 34.9 Å². The van der Waals surface area contributed by atoms with Crippen molar-refractivity contribution in [3.8, 4) is 0 Å². The first-order chi connectivity index (χ1) is 13.9. The number of amides is 2. The number of carbonyl (C=O) groups excluding carboxylic acids is 2. The molecule has 5 nitrogen and oxygen atoms in total. The van der Waals surface area contributed by atoms with Gasteiger partial charge in [0, 0.05) is 30.1 Å². The zero-order chi connectivity index (χ0) is 21.0. The molecule has 3 rings (SSSR count). The Labute approximate surface area is 191 Å². The van der Waals surface area contributed by atoms with Crippen molar-refractivity contribution in [1.82, 2.24) is 9.80 Å². The second-order valence-electron chi connectivity index (χ2n) is 8.86. The van der Waals surface area contributed by atoms with Crippen LogP contribution in [0.3, 0.4) is 0 Å². The van der Waals surface area contributed by atoms with Crippen molar-refractivity contribution < 1.29 is 9.59 Å². The molecule has 1 aliphatic heterocycles. The van der Waals surface area contributed by atoms with Crippen LogP contribution < -0.4 is 5.73 Å². The average Bonchev–Trinajstić information content (AvgIpc) is 3.19. The summed E-state index contributed by atoms with van der Waals surface area (Å²) in [5, 5.41) is 0.675. The van der Waals surface area contributed by atoms with E-state index in [0.29, 0.717) is 30.6 Å². The molecule has 1 aromatic rings. The lowest BCUT2D eigenvalue weighted by molar-refractivity contribution is -0.141. The van der Waals surface area contributed by atoms with Gasteiger partial charge in [-0.1, -0.05) is 56.8 Å². The van der Waals surface area contributed by atoms with E-state index in [0.717, 1.165) is 24.8 Å². The van der Waals surface area contributed by atoms with E-state index in [2.05, 4.69) is 4.90 Å². The zero-order valence-electron chi connectivity index (χ0n) is 18.1. The number of nitrogens with two attached hydrogens (primary N) is 1. The van der Waals surface area contributed by atoms with Crippen LogP contribution >= 0.6 is 24.0 Å². The number of halogens is 2. The number of nitrogens with zero attached hydrogens (tertiary/aromatic N) is 2. The third-order valence-electron chi connectivity index (χ3n) is 6.27. The molecule has 0 unspecified atom stereocenters. The predicted octanol–water partition coefficient (Wildman–Crippen LogP) is 4.05. The van der Waals surface area contributed by atoms with Crippen LogP contribution in [0.25, 0.3) is 0 Å². The SMILES string of the molecule is CC(C)C(=O)N(C1CCCCC1)[C@H]1CCN(C(=O)[C@H](N)Cc2ccc(Cl)cc2)C1.Cl. The minimum atomic E-state index is -0.571. The summed E-state index contributed by atoms with van der Waals surface area (Å²) in [6.07, 6.45) is 7.14. The molecular formula is C23H35Cl2N3O2. The molecule has 2 aliphatic rings. The van der Waals surface area contributed by atoms with Crippen molar-refractivity contribution in [2.75, 3.05) is 13.1 Å². The van der Waals surface area contributed by atoms with Crippen LogP contribution in [0.1, 0.15) is 57.9 Å². The highest BCUT2D eigenvalue weighted by atomic mass is 35.5. The van der Waals surface area contributed by atoms with Gasteiger partial charge >= 0.3 is 0 Å². The van der Waals surface area contributed by atoms with Crippen LogP contribution in [-0.2, 0) is 16.0 Å². The molecule has 1 saturated carbocycles. The quantitative estimate of drug-likeness (QED) is 0.703. The Balaban J connectivity index is 0.00000320. The van der Waals surface area contributed by atoms with E-state index in [4.69, 9.17) is 17.3 Å². The van der Waals surface area contributed by atoms with Crippen LogP contribution in [0, 0.1) is 5.92 Å². The second-order valence-corrected chi connectivity index (χ2v) is 9.29. The normalized spacial score (nSPS) is 20.7. The minimum absolute atomic E-state index is 0. The van der Waals surface area contributed by atoms with E-state index in [1.165, 1.54) is 19.3 Å². The number of carbonyl (C=O) groups is 2. The predicted molar refractivity (Wildman–Crippen MR) is 124 cm³/mol. The summed E-state index contributed by atoms with van der Waals surface area (Å²) in [4.78, 5) is 29.9. The molecule has 2 atom stereocenters. The van der Waals surface area contributed by atoms with Crippen LogP contribution in [0.5, 0.6) is 0 Å². The lowest BCUT2D eigenvalue weighted by atomic mass is 9.92. The molecule has 1 aliphatic carbocycles. The molecule has 1 saturated heterocycles. The van der Waals surface area contributed by atoms with Gasteiger partial charge in [0.05, 0.1) is 12.1 Å². The van der Waals surface area contributed by atoms with Crippen LogP contribution in [-0.4, -0.2) is 52.8 Å². The summed E-state index contributed by atoms with van der Waals surface area (Å²) in [6, 6.07) is 7.32. The average molecular weight is 456 g/mol. The van der Waals surface area contributed by atoms with Gasteiger partial charge in [0.2, 0.25) is 11.8 Å². The Morgan fingerprint density at radius 2 is 1.73 bits per heavy atom. The smallest absolute Gasteiger partial charge is 0.239 e. The number of likely N-dealkylation sites (tertiary alicyclic amines) is 1. The van der Waals surface area contributed by atoms with Crippen molar-refractivity contribution in [1.29, 1.82) is 0 Å². The molecule has 1 aromatic carbocycles. The van der Waals surface area contributed by atoms with Crippen molar-refractivity contribution >= 4 is 35.8 Å². The molecule has 2 amide bonds. The van der Waals surface area contributed by atoms with Crippen LogP contribution in [0.15, 0.2) is 24.3 Å². The van der Waals surface area contributed by atoms with E-state index in [9.17, 15) is 9.59 Å². The third kappa shape index (κ3) is 6.12. The first-order valence-electron chi connectivity index (χ1n) is 11.0. The van der Waals surface area contributed by atoms with Crippen molar-refractivity contribution in [2.24, 2.45) is 11.7 Å². The molecule has 1 heterocycles. The molecular weight excluding hydrogens is 421 g/mol. The fraction of sp³-hybridized carbons (Fsp3) is 0.652. The van der Waals surface area contributed by atoms with Gasteiger partial charge in [-0.15, -0.1) is 12.4 Å². The highest BCUT2D eigenvalue weighted by Gasteiger charge is 2.38. The zero-order valence-corrected chi connectivity index (χ0v) is 19.6. The largest absolute Gasteiger partial charge is 0.339 e. The van der Waals surface area contributed by atoms with Gasteiger partial charge in [-0.25, -0.2) is 0 Å². The Bertz CT molecular complexity index is 705. The summed E-state index contributed by atoms with van der Waals surface area (Å²) in [6.45, 7) is 5.21. The maximum Gasteiger partial charge on any atom is 0.239 e. The summed E-state index contributed by atoms with van der Waals surface area (Å²) < 4.78 is 0. The molecule has 0 aromatic heterocycles. The van der Waals surface area contributed by atoms with Gasteiger partial charge in [-0.05, 0) is 43.4 Å². The molecule has 168 valence electrons. The molecule has 30 heavy (non-hydrogen) atoms.